The zero-order valence-electron chi connectivity index (χ0n) is 10.5. The molecule has 1 aromatic heterocycles. The molecular weight excluding hydrogens is 216 g/mol. The quantitative estimate of drug-likeness (QED) is 0.855. The number of nitrogen functional groups attached to an aromatic ring is 1. The molecule has 1 aliphatic rings. The highest BCUT2D eigenvalue weighted by atomic mass is 16.5. The second kappa shape index (κ2) is 5.31. The molecule has 0 radical (unpaired) electrons. The van der Waals surface area contributed by atoms with Crippen LogP contribution in [-0.2, 0) is 4.74 Å². The lowest BCUT2D eigenvalue weighted by Crippen LogP contribution is -2.31. The van der Waals surface area contributed by atoms with Crippen molar-refractivity contribution in [1.29, 1.82) is 0 Å². The van der Waals surface area contributed by atoms with Crippen LogP contribution in [0.5, 0.6) is 0 Å². The summed E-state index contributed by atoms with van der Waals surface area (Å²) in [6.07, 6.45) is 4.15. The smallest absolute Gasteiger partial charge is 0.221 e. The Bertz CT molecular complexity index is 377. The zero-order chi connectivity index (χ0) is 12.3. The molecule has 17 heavy (non-hydrogen) atoms. The van der Waals surface area contributed by atoms with Gasteiger partial charge in [-0.1, -0.05) is 0 Å². The minimum atomic E-state index is 0.331. The molecule has 94 valence electrons. The zero-order valence-corrected chi connectivity index (χ0v) is 10.5. The molecule has 1 aliphatic heterocycles. The first-order chi connectivity index (χ1) is 8.16. The van der Waals surface area contributed by atoms with Crippen LogP contribution in [0.2, 0.25) is 0 Å². The number of rotatable bonds is 3. The number of anilines is 2. The van der Waals surface area contributed by atoms with Gasteiger partial charge in [-0.3, -0.25) is 0 Å². The summed E-state index contributed by atoms with van der Waals surface area (Å²) in [5.41, 5.74) is 6.68. The lowest BCUT2D eigenvalue weighted by atomic mass is 10.0. The molecule has 5 nitrogen and oxygen atoms in total. The van der Waals surface area contributed by atoms with Crippen molar-refractivity contribution in [3.63, 3.8) is 0 Å². The summed E-state index contributed by atoms with van der Waals surface area (Å²) in [5, 5.41) is 0. The second-order valence-electron chi connectivity index (χ2n) is 4.70. The molecule has 0 aromatic carbocycles. The van der Waals surface area contributed by atoms with Crippen LogP contribution in [0.25, 0.3) is 0 Å². The predicted molar refractivity (Wildman–Crippen MR) is 68.0 cm³/mol. The maximum absolute atomic E-state index is 5.62. The maximum atomic E-state index is 5.62. The Morgan fingerprint density at radius 3 is 3.12 bits per heavy atom. The Morgan fingerprint density at radius 2 is 2.41 bits per heavy atom. The fourth-order valence-electron chi connectivity index (χ4n) is 2.26. The SMILES string of the molecule is Cc1cnc(N)nc1N(C)CC1CCCOC1. The third-order valence-electron chi connectivity index (χ3n) is 3.11. The third-order valence-corrected chi connectivity index (χ3v) is 3.11. The molecule has 2 N–H and O–H groups in total. The standard InChI is InChI=1S/C12H20N4O/c1-9-6-14-12(13)15-11(9)16(2)7-10-4-3-5-17-8-10/h6,10H,3-5,7-8H2,1-2H3,(H2,13,14,15). The molecule has 0 aliphatic carbocycles. The van der Waals surface area contributed by atoms with Crippen LogP contribution in [0.4, 0.5) is 11.8 Å². The van der Waals surface area contributed by atoms with E-state index in [-0.39, 0.29) is 0 Å². The summed E-state index contributed by atoms with van der Waals surface area (Å²) in [5.74, 6) is 1.84. The lowest BCUT2D eigenvalue weighted by molar-refractivity contribution is 0.0576. The van der Waals surface area contributed by atoms with Gasteiger partial charge in [-0.25, -0.2) is 4.98 Å². The first kappa shape index (κ1) is 12.1. The fraction of sp³-hybridized carbons (Fsp3) is 0.667. The molecular formula is C12H20N4O. The van der Waals surface area contributed by atoms with Gasteiger partial charge in [0.25, 0.3) is 0 Å². The topological polar surface area (TPSA) is 64.3 Å². The second-order valence-corrected chi connectivity index (χ2v) is 4.70. The van der Waals surface area contributed by atoms with E-state index in [0.717, 1.165) is 37.6 Å². The summed E-state index contributed by atoms with van der Waals surface area (Å²) >= 11 is 0. The Balaban J connectivity index is 2.02. The minimum absolute atomic E-state index is 0.331. The Kier molecular flexibility index (Phi) is 3.78. The summed E-state index contributed by atoms with van der Waals surface area (Å²) in [6, 6.07) is 0. The van der Waals surface area contributed by atoms with Gasteiger partial charge in [-0.15, -0.1) is 0 Å². The van der Waals surface area contributed by atoms with Crippen LogP contribution in [0.1, 0.15) is 18.4 Å². The number of nitrogens with zero attached hydrogens (tertiary/aromatic N) is 3. The van der Waals surface area contributed by atoms with Crippen molar-refractivity contribution in [2.75, 3.05) is 37.4 Å². The molecule has 5 heteroatoms. The highest BCUT2D eigenvalue weighted by Crippen LogP contribution is 2.20. The fourth-order valence-corrected chi connectivity index (χ4v) is 2.26. The molecule has 0 saturated carbocycles. The highest BCUT2D eigenvalue weighted by Gasteiger charge is 2.17. The van der Waals surface area contributed by atoms with Gasteiger partial charge >= 0.3 is 0 Å². The van der Waals surface area contributed by atoms with Crippen molar-refractivity contribution in [1.82, 2.24) is 9.97 Å². The molecule has 1 unspecified atom stereocenters. The van der Waals surface area contributed by atoms with Gasteiger partial charge in [-0.2, -0.15) is 4.98 Å². The van der Waals surface area contributed by atoms with Crippen molar-refractivity contribution in [2.24, 2.45) is 5.92 Å². The molecule has 0 amide bonds. The highest BCUT2D eigenvalue weighted by molar-refractivity contribution is 5.47. The van der Waals surface area contributed by atoms with Gasteiger partial charge in [0.1, 0.15) is 5.82 Å². The molecule has 2 rings (SSSR count). The summed E-state index contributed by atoms with van der Waals surface area (Å²) < 4.78 is 5.49. The third kappa shape index (κ3) is 3.06. The largest absolute Gasteiger partial charge is 0.381 e. The maximum Gasteiger partial charge on any atom is 0.221 e. The van der Waals surface area contributed by atoms with Crippen LogP contribution < -0.4 is 10.6 Å². The van der Waals surface area contributed by atoms with E-state index in [4.69, 9.17) is 10.5 Å². The van der Waals surface area contributed by atoms with E-state index < -0.39 is 0 Å². The van der Waals surface area contributed by atoms with E-state index in [2.05, 4.69) is 14.9 Å². The van der Waals surface area contributed by atoms with Crippen molar-refractivity contribution < 1.29 is 4.74 Å². The van der Waals surface area contributed by atoms with Crippen LogP contribution in [0.15, 0.2) is 6.20 Å². The number of hydrogen-bond acceptors (Lipinski definition) is 5. The van der Waals surface area contributed by atoms with Gasteiger partial charge in [0, 0.05) is 32.0 Å². The summed E-state index contributed by atoms with van der Waals surface area (Å²) in [4.78, 5) is 10.4. The molecule has 1 fully saturated rings. The number of aromatic nitrogens is 2. The molecule has 2 heterocycles. The first-order valence-electron chi connectivity index (χ1n) is 6.05. The minimum Gasteiger partial charge on any atom is -0.381 e. The lowest BCUT2D eigenvalue weighted by Gasteiger charge is -2.28. The first-order valence-corrected chi connectivity index (χ1v) is 6.05. The van der Waals surface area contributed by atoms with E-state index in [1.807, 2.05) is 14.0 Å². The molecule has 1 saturated heterocycles. The van der Waals surface area contributed by atoms with Crippen molar-refractivity contribution in [2.45, 2.75) is 19.8 Å². The predicted octanol–water partition coefficient (Wildman–Crippen LogP) is 1.23. The van der Waals surface area contributed by atoms with Gasteiger partial charge in [0.15, 0.2) is 0 Å². The van der Waals surface area contributed by atoms with Crippen molar-refractivity contribution in [3.8, 4) is 0 Å². The average Bonchev–Trinajstić information content (AvgIpc) is 2.33. The van der Waals surface area contributed by atoms with E-state index in [1.165, 1.54) is 6.42 Å². The van der Waals surface area contributed by atoms with Crippen LogP contribution in [0.3, 0.4) is 0 Å². The monoisotopic (exact) mass is 236 g/mol. The molecule has 0 spiro atoms. The van der Waals surface area contributed by atoms with Crippen molar-refractivity contribution >= 4 is 11.8 Å². The number of aryl methyl sites for hydroxylation is 1. The number of ether oxygens (including phenoxy) is 1. The van der Waals surface area contributed by atoms with Gasteiger partial charge < -0.3 is 15.4 Å². The van der Waals surface area contributed by atoms with Gasteiger partial charge in [0.2, 0.25) is 5.95 Å². The summed E-state index contributed by atoms with van der Waals surface area (Å²) in [6.45, 7) is 4.71. The Labute approximate surface area is 102 Å². The number of hydrogen-bond donors (Lipinski definition) is 1. The van der Waals surface area contributed by atoms with E-state index >= 15 is 0 Å². The normalized spacial score (nSPS) is 20.2. The Morgan fingerprint density at radius 1 is 1.59 bits per heavy atom. The van der Waals surface area contributed by atoms with E-state index in [9.17, 15) is 0 Å². The van der Waals surface area contributed by atoms with Crippen LogP contribution in [0, 0.1) is 12.8 Å². The van der Waals surface area contributed by atoms with Crippen LogP contribution >= 0.6 is 0 Å². The molecule has 1 aromatic rings. The van der Waals surface area contributed by atoms with Crippen molar-refractivity contribution in [3.05, 3.63) is 11.8 Å². The molecule has 0 bridgehead atoms. The number of nitrogens with two attached hydrogens (primary N) is 1. The van der Waals surface area contributed by atoms with Gasteiger partial charge in [-0.05, 0) is 25.7 Å². The van der Waals surface area contributed by atoms with Crippen LogP contribution in [-0.4, -0.2) is 36.8 Å². The summed E-state index contributed by atoms with van der Waals surface area (Å²) in [7, 11) is 2.05. The van der Waals surface area contributed by atoms with E-state index in [1.54, 1.807) is 6.20 Å². The molecule has 1 atom stereocenters. The Hall–Kier alpha value is -1.36. The van der Waals surface area contributed by atoms with Gasteiger partial charge in [0.05, 0.1) is 6.61 Å². The van der Waals surface area contributed by atoms with E-state index in [0.29, 0.717) is 11.9 Å². The average molecular weight is 236 g/mol.